The molecule has 0 saturated carbocycles. The van der Waals surface area contributed by atoms with Gasteiger partial charge in [-0.3, -0.25) is 9.36 Å². The SMILES string of the molecule is Cc1ccccc1CSc1nnc([C@H](C)NC(=O)c2ccccc2)n1-c1ccccc1. The van der Waals surface area contributed by atoms with Gasteiger partial charge in [-0.2, -0.15) is 0 Å². The second-order valence-corrected chi connectivity index (χ2v) is 8.23. The Bertz CT molecular complexity index is 1160. The van der Waals surface area contributed by atoms with Crippen molar-refractivity contribution in [1.82, 2.24) is 20.1 Å². The average Bonchev–Trinajstić information content (AvgIpc) is 3.24. The van der Waals surface area contributed by atoms with Gasteiger partial charge in [-0.05, 0) is 49.2 Å². The van der Waals surface area contributed by atoms with Crippen molar-refractivity contribution in [2.24, 2.45) is 0 Å². The number of para-hydroxylation sites is 1. The molecule has 1 N–H and O–H groups in total. The highest BCUT2D eigenvalue weighted by atomic mass is 32.2. The van der Waals surface area contributed by atoms with Gasteiger partial charge in [0.25, 0.3) is 5.91 Å². The first-order valence-corrected chi connectivity index (χ1v) is 11.2. The summed E-state index contributed by atoms with van der Waals surface area (Å²) in [6.45, 7) is 4.05. The van der Waals surface area contributed by atoms with Gasteiger partial charge in [0.05, 0.1) is 6.04 Å². The van der Waals surface area contributed by atoms with Crippen LogP contribution in [0.25, 0.3) is 5.69 Å². The van der Waals surface area contributed by atoms with E-state index in [1.807, 2.05) is 66.1 Å². The van der Waals surface area contributed by atoms with Gasteiger partial charge >= 0.3 is 0 Å². The van der Waals surface area contributed by atoms with E-state index in [1.54, 1.807) is 23.9 Å². The van der Waals surface area contributed by atoms with E-state index in [-0.39, 0.29) is 11.9 Å². The van der Waals surface area contributed by atoms with Crippen LogP contribution in [0.4, 0.5) is 0 Å². The van der Waals surface area contributed by atoms with Gasteiger partial charge in [-0.25, -0.2) is 0 Å². The van der Waals surface area contributed by atoms with Crippen LogP contribution in [-0.2, 0) is 5.75 Å². The fourth-order valence-corrected chi connectivity index (χ4v) is 4.36. The molecule has 0 aliphatic carbocycles. The van der Waals surface area contributed by atoms with Gasteiger partial charge < -0.3 is 5.32 Å². The van der Waals surface area contributed by atoms with Crippen LogP contribution in [0.15, 0.2) is 90.1 Å². The predicted molar refractivity (Wildman–Crippen MR) is 124 cm³/mol. The van der Waals surface area contributed by atoms with Crippen LogP contribution < -0.4 is 5.32 Å². The van der Waals surface area contributed by atoms with Crippen LogP contribution in [0.5, 0.6) is 0 Å². The Balaban J connectivity index is 1.61. The normalized spacial score (nSPS) is 11.8. The topological polar surface area (TPSA) is 59.8 Å². The minimum absolute atomic E-state index is 0.134. The third kappa shape index (κ3) is 4.86. The highest BCUT2D eigenvalue weighted by Crippen LogP contribution is 2.28. The van der Waals surface area contributed by atoms with Crippen molar-refractivity contribution in [3.63, 3.8) is 0 Å². The lowest BCUT2D eigenvalue weighted by Crippen LogP contribution is -2.28. The number of nitrogens with zero attached hydrogens (tertiary/aromatic N) is 3. The fourth-order valence-electron chi connectivity index (χ4n) is 3.32. The molecule has 0 radical (unpaired) electrons. The zero-order valence-electron chi connectivity index (χ0n) is 17.5. The summed E-state index contributed by atoms with van der Waals surface area (Å²) in [6.07, 6.45) is 0. The smallest absolute Gasteiger partial charge is 0.251 e. The first-order valence-electron chi connectivity index (χ1n) is 10.2. The molecule has 1 heterocycles. The number of hydrogen-bond acceptors (Lipinski definition) is 4. The van der Waals surface area contributed by atoms with Crippen LogP contribution in [0.2, 0.25) is 0 Å². The number of rotatable bonds is 7. The average molecular weight is 429 g/mol. The lowest BCUT2D eigenvalue weighted by atomic mass is 10.1. The third-order valence-electron chi connectivity index (χ3n) is 5.06. The number of carbonyl (C=O) groups is 1. The Morgan fingerprint density at radius 2 is 1.58 bits per heavy atom. The van der Waals surface area contributed by atoms with Crippen molar-refractivity contribution in [3.05, 3.63) is 107 Å². The van der Waals surface area contributed by atoms with Crippen molar-refractivity contribution < 1.29 is 4.79 Å². The van der Waals surface area contributed by atoms with E-state index in [0.29, 0.717) is 11.4 Å². The lowest BCUT2D eigenvalue weighted by Gasteiger charge is -2.16. The summed E-state index contributed by atoms with van der Waals surface area (Å²) in [6, 6.07) is 27.2. The molecule has 0 aliphatic heterocycles. The Morgan fingerprint density at radius 3 is 2.29 bits per heavy atom. The summed E-state index contributed by atoms with van der Waals surface area (Å²) in [5.41, 5.74) is 4.11. The van der Waals surface area contributed by atoms with Crippen LogP contribution in [-0.4, -0.2) is 20.7 Å². The van der Waals surface area contributed by atoms with E-state index >= 15 is 0 Å². The molecule has 4 rings (SSSR count). The van der Waals surface area contributed by atoms with E-state index in [0.717, 1.165) is 16.6 Å². The van der Waals surface area contributed by atoms with Gasteiger partial charge in [-0.15, -0.1) is 10.2 Å². The van der Waals surface area contributed by atoms with Crippen LogP contribution in [0, 0.1) is 6.92 Å². The quantitative estimate of drug-likeness (QED) is 0.403. The summed E-state index contributed by atoms with van der Waals surface area (Å²) < 4.78 is 2.03. The monoisotopic (exact) mass is 428 g/mol. The highest BCUT2D eigenvalue weighted by molar-refractivity contribution is 7.98. The third-order valence-corrected chi connectivity index (χ3v) is 6.04. The second kappa shape index (κ2) is 9.62. The maximum absolute atomic E-state index is 12.7. The van der Waals surface area contributed by atoms with Gasteiger partial charge in [-0.1, -0.05) is 72.4 Å². The summed E-state index contributed by atoms with van der Waals surface area (Å²) in [7, 11) is 0. The van der Waals surface area contributed by atoms with E-state index < -0.39 is 0 Å². The first-order chi connectivity index (χ1) is 15.1. The summed E-state index contributed by atoms with van der Waals surface area (Å²) in [4.78, 5) is 12.7. The molecule has 3 aromatic carbocycles. The molecule has 0 spiro atoms. The molecule has 1 aromatic heterocycles. The van der Waals surface area contributed by atoms with E-state index in [1.165, 1.54) is 11.1 Å². The molecular weight excluding hydrogens is 404 g/mol. The number of nitrogens with one attached hydrogen (secondary N) is 1. The van der Waals surface area contributed by atoms with Crippen molar-refractivity contribution in [2.75, 3.05) is 0 Å². The Hall–Kier alpha value is -3.38. The number of aromatic nitrogens is 3. The molecule has 31 heavy (non-hydrogen) atoms. The Labute approximate surface area is 186 Å². The molecule has 0 unspecified atom stereocenters. The number of amides is 1. The van der Waals surface area contributed by atoms with Crippen molar-refractivity contribution in [1.29, 1.82) is 0 Å². The van der Waals surface area contributed by atoms with Gasteiger partial charge in [0.15, 0.2) is 11.0 Å². The number of aryl methyl sites for hydroxylation is 1. The summed E-state index contributed by atoms with van der Waals surface area (Å²) in [5.74, 6) is 1.36. The minimum atomic E-state index is -0.312. The zero-order valence-corrected chi connectivity index (χ0v) is 18.3. The zero-order chi connectivity index (χ0) is 21.6. The molecule has 0 fully saturated rings. The molecule has 1 atom stereocenters. The minimum Gasteiger partial charge on any atom is -0.342 e. The summed E-state index contributed by atoms with van der Waals surface area (Å²) in [5, 5.41) is 12.8. The van der Waals surface area contributed by atoms with Crippen LogP contribution >= 0.6 is 11.8 Å². The standard InChI is InChI=1S/C25H24N4OS/c1-18-11-9-10-14-21(18)17-31-25-28-27-23(29(25)22-15-7-4-8-16-22)19(2)26-24(30)20-12-5-3-6-13-20/h3-16,19H,17H2,1-2H3,(H,26,30)/t19-/m0/s1. The molecule has 0 bridgehead atoms. The molecule has 5 nitrogen and oxygen atoms in total. The van der Waals surface area contributed by atoms with E-state index in [9.17, 15) is 4.79 Å². The molecule has 4 aromatic rings. The maximum Gasteiger partial charge on any atom is 0.251 e. The van der Waals surface area contributed by atoms with Crippen LogP contribution in [0.3, 0.4) is 0 Å². The van der Waals surface area contributed by atoms with Crippen molar-refractivity contribution in [2.45, 2.75) is 30.8 Å². The van der Waals surface area contributed by atoms with E-state index in [4.69, 9.17) is 0 Å². The second-order valence-electron chi connectivity index (χ2n) is 7.29. The number of hydrogen-bond donors (Lipinski definition) is 1. The highest BCUT2D eigenvalue weighted by Gasteiger charge is 2.21. The molecule has 1 amide bonds. The van der Waals surface area contributed by atoms with Crippen LogP contribution in [0.1, 0.15) is 40.3 Å². The van der Waals surface area contributed by atoms with Gasteiger partial charge in [0.2, 0.25) is 0 Å². The van der Waals surface area contributed by atoms with Crippen molar-refractivity contribution >= 4 is 17.7 Å². The Morgan fingerprint density at radius 1 is 0.935 bits per heavy atom. The molecule has 6 heteroatoms. The number of benzene rings is 3. The number of thioether (sulfide) groups is 1. The van der Waals surface area contributed by atoms with Gasteiger partial charge in [0.1, 0.15) is 0 Å². The molecular formula is C25H24N4OS. The fraction of sp³-hybridized carbons (Fsp3) is 0.160. The van der Waals surface area contributed by atoms with Crippen molar-refractivity contribution in [3.8, 4) is 5.69 Å². The van der Waals surface area contributed by atoms with E-state index in [2.05, 4.69) is 40.6 Å². The lowest BCUT2D eigenvalue weighted by molar-refractivity contribution is 0.0938. The largest absolute Gasteiger partial charge is 0.342 e. The maximum atomic E-state index is 12.7. The molecule has 0 saturated heterocycles. The predicted octanol–water partition coefficient (Wildman–Crippen LogP) is 5.36. The molecule has 156 valence electrons. The first kappa shape index (κ1) is 20.9. The van der Waals surface area contributed by atoms with Gasteiger partial charge in [0, 0.05) is 17.0 Å². The number of carbonyl (C=O) groups excluding carboxylic acids is 1. The molecule has 0 aliphatic rings. The Kier molecular flexibility index (Phi) is 6.48. The summed E-state index contributed by atoms with van der Waals surface area (Å²) >= 11 is 1.64.